The maximum atomic E-state index is 8.35. The van der Waals surface area contributed by atoms with Crippen LogP contribution in [0.2, 0.25) is 0 Å². The van der Waals surface area contributed by atoms with Gasteiger partial charge >= 0.3 is 0 Å². The van der Waals surface area contributed by atoms with Crippen LogP contribution in [0, 0.1) is 10.8 Å². The third kappa shape index (κ3) is 5.10. The fraction of sp³-hybridized carbons (Fsp3) is 0.273. The van der Waals surface area contributed by atoms with Crippen molar-refractivity contribution in [2.75, 3.05) is 0 Å². The van der Waals surface area contributed by atoms with Gasteiger partial charge in [-0.25, -0.2) is 10.2 Å². The van der Waals surface area contributed by atoms with Gasteiger partial charge in [-0.1, -0.05) is 75.4 Å². The molecular weight excluding hydrogens is 308 g/mol. The summed E-state index contributed by atoms with van der Waals surface area (Å²) in [6, 6.07) is 23.5. The summed E-state index contributed by atoms with van der Waals surface area (Å²) in [5, 5.41) is 6.61. The van der Waals surface area contributed by atoms with E-state index in [0.717, 1.165) is 18.0 Å². The van der Waals surface area contributed by atoms with Crippen LogP contribution in [0.3, 0.4) is 0 Å². The summed E-state index contributed by atoms with van der Waals surface area (Å²) in [5.74, 6) is 0.461. The van der Waals surface area contributed by atoms with E-state index >= 15 is 0 Å². The zero-order chi connectivity index (χ0) is 18.3. The lowest BCUT2D eigenvalue weighted by Gasteiger charge is -2.31. The maximum Gasteiger partial charge on any atom is 0.231 e. The topological polar surface area (TPSA) is 53.8 Å². The van der Waals surface area contributed by atoms with Gasteiger partial charge in [-0.05, 0) is 35.4 Å². The predicted molar refractivity (Wildman–Crippen MR) is 102 cm³/mol. The molecule has 0 aliphatic heterocycles. The minimum Gasteiger partial charge on any atom is -0.253 e. The summed E-state index contributed by atoms with van der Waals surface area (Å²) in [6.07, 6.45) is 1.72. The van der Waals surface area contributed by atoms with E-state index in [4.69, 9.17) is 15.2 Å². The number of carbonyl (C=O) groups excluding carboxylic acids is 1. The molecule has 0 amide bonds. The van der Waals surface area contributed by atoms with Crippen molar-refractivity contribution in [1.29, 1.82) is 5.41 Å². The normalized spacial score (nSPS) is 12.0. The third-order valence-electron chi connectivity index (χ3n) is 4.32. The van der Waals surface area contributed by atoms with Gasteiger partial charge in [0.2, 0.25) is 6.08 Å². The van der Waals surface area contributed by atoms with E-state index in [2.05, 4.69) is 87.5 Å². The van der Waals surface area contributed by atoms with Crippen LogP contribution >= 0.6 is 0 Å². The molecule has 1 heterocycles. The van der Waals surface area contributed by atoms with Crippen LogP contribution in [-0.4, -0.2) is 11.1 Å². The van der Waals surface area contributed by atoms with E-state index in [1.807, 2.05) is 0 Å². The highest BCUT2D eigenvalue weighted by atomic mass is 16.1. The number of isocyanates is 1. The summed E-state index contributed by atoms with van der Waals surface area (Å²) in [4.78, 5) is 13.2. The molecule has 0 fully saturated rings. The Labute approximate surface area is 149 Å². The highest BCUT2D eigenvalue weighted by Gasteiger charge is 2.26. The number of fused-ring (bicyclic) bond motifs is 1. The quantitative estimate of drug-likeness (QED) is 0.508. The highest BCUT2D eigenvalue weighted by Crippen LogP contribution is 2.37. The molecule has 128 valence electrons. The Morgan fingerprint density at radius 3 is 2.20 bits per heavy atom. The molecule has 1 N–H and O–H groups in total. The van der Waals surface area contributed by atoms with Gasteiger partial charge < -0.3 is 0 Å². The second kappa shape index (κ2) is 8.36. The van der Waals surface area contributed by atoms with Crippen molar-refractivity contribution in [3.05, 3.63) is 78.0 Å². The Balaban J connectivity index is 0.000000701. The molecule has 0 radical (unpaired) electrons. The van der Waals surface area contributed by atoms with Crippen LogP contribution in [0.1, 0.15) is 37.9 Å². The van der Waals surface area contributed by atoms with Crippen LogP contribution in [0.25, 0.3) is 10.9 Å². The molecule has 3 rings (SSSR count). The van der Waals surface area contributed by atoms with E-state index in [1.54, 1.807) is 0 Å². The standard InChI is InChI=1S/C21H23N.CHNO/c1-21(2,3)19(16-9-5-4-6-10-16)15-18-14-13-17-11-7-8-12-20(17)22-18;2-1-3/h4-14,19H,15H2,1-3H3;2H/t19-;/m1./s1. The van der Waals surface area contributed by atoms with Crippen molar-refractivity contribution in [1.82, 2.24) is 4.98 Å². The van der Waals surface area contributed by atoms with E-state index in [9.17, 15) is 0 Å². The minimum absolute atomic E-state index is 0.203. The number of rotatable bonds is 3. The molecule has 0 aliphatic carbocycles. The number of hydrogen-bond acceptors (Lipinski definition) is 3. The number of nitrogens with zero attached hydrogens (tertiary/aromatic N) is 1. The second-order valence-corrected chi connectivity index (χ2v) is 7.13. The molecule has 0 saturated heterocycles. The van der Waals surface area contributed by atoms with Gasteiger partial charge in [-0.15, -0.1) is 0 Å². The van der Waals surface area contributed by atoms with Gasteiger partial charge in [0.05, 0.1) is 5.52 Å². The van der Waals surface area contributed by atoms with Gasteiger partial charge in [0, 0.05) is 11.1 Å². The largest absolute Gasteiger partial charge is 0.253 e. The Hall–Kier alpha value is -2.77. The summed E-state index contributed by atoms with van der Waals surface area (Å²) < 4.78 is 0. The second-order valence-electron chi connectivity index (χ2n) is 7.13. The Morgan fingerprint density at radius 2 is 1.56 bits per heavy atom. The molecule has 3 aromatic rings. The average Bonchev–Trinajstić information content (AvgIpc) is 2.60. The molecule has 0 saturated carbocycles. The number of aromatic nitrogens is 1. The maximum absolute atomic E-state index is 8.35. The summed E-state index contributed by atoms with van der Waals surface area (Å²) >= 11 is 0. The minimum atomic E-state index is 0.203. The van der Waals surface area contributed by atoms with Gasteiger partial charge in [0.25, 0.3) is 0 Å². The highest BCUT2D eigenvalue weighted by molar-refractivity contribution is 5.78. The molecule has 25 heavy (non-hydrogen) atoms. The lowest BCUT2D eigenvalue weighted by molar-refractivity contribution is 0.316. The number of nitrogens with one attached hydrogen (secondary N) is 1. The van der Waals surface area contributed by atoms with Gasteiger partial charge in [-0.3, -0.25) is 4.98 Å². The zero-order valence-corrected chi connectivity index (χ0v) is 15.0. The van der Waals surface area contributed by atoms with Crippen molar-refractivity contribution in [2.45, 2.75) is 33.1 Å². The van der Waals surface area contributed by atoms with Crippen LogP contribution in [0.15, 0.2) is 66.7 Å². The molecule has 0 aliphatic rings. The summed E-state index contributed by atoms with van der Waals surface area (Å²) in [5.41, 5.74) is 3.85. The zero-order valence-electron chi connectivity index (χ0n) is 15.0. The van der Waals surface area contributed by atoms with Crippen molar-refractivity contribution < 1.29 is 4.79 Å². The number of para-hydroxylation sites is 1. The molecule has 3 heteroatoms. The first kappa shape index (κ1) is 18.6. The number of pyridine rings is 1. The molecule has 1 atom stereocenters. The van der Waals surface area contributed by atoms with Gasteiger partial charge in [-0.2, -0.15) is 0 Å². The fourth-order valence-electron chi connectivity index (χ4n) is 3.04. The van der Waals surface area contributed by atoms with E-state index in [1.165, 1.54) is 16.6 Å². The molecule has 0 bridgehead atoms. The Morgan fingerprint density at radius 1 is 0.960 bits per heavy atom. The monoisotopic (exact) mass is 332 g/mol. The first-order valence-corrected chi connectivity index (χ1v) is 8.39. The predicted octanol–water partition coefficient (Wildman–Crippen LogP) is 5.51. The first-order chi connectivity index (χ1) is 12.0. The molecular formula is C22H24N2O. The number of benzene rings is 2. The van der Waals surface area contributed by atoms with Crippen LogP contribution in [0.5, 0.6) is 0 Å². The van der Waals surface area contributed by atoms with Gasteiger partial charge in [0.1, 0.15) is 0 Å². The van der Waals surface area contributed by atoms with E-state index in [-0.39, 0.29) is 5.41 Å². The molecule has 2 aromatic carbocycles. The number of hydrogen-bond donors (Lipinski definition) is 1. The SMILES string of the molecule is CC(C)(C)[C@H](Cc1ccc2ccccc2n1)c1ccccc1.N=C=O. The van der Waals surface area contributed by atoms with Gasteiger partial charge in [0.15, 0.2) is 0 Å². The van der Waals surface area contributed by atoms with Crippen molar-refractivity contribution >= 4 is 17.0 Å². The average molecular weight is 332 g/mol. The lowest BCUT2D eigenvalue weighted by atomic mass is 9.74. The molecule has 3 nitrogen and oxygen atoms in total. The lowest BCUT2D eigenvalue weighted by Crippen LogP contribution is -2.21. The Bertz CT molecular complexity index is 845. The first-order valence-electron chi connectivity index (χ1n) is 8.39. The van der Waals surface area contributed by atoms with Crippen molar-refractivity contribution in [2.24, 2.45) is 5.41 Å². The molecule has 1 aromatic heterocycles. The van der Waals surface area contributed by atoms with Crippen LogP contribution < -0.4 is 0 Å². The van der Waals surface area contributed by atoms with Crippen molar-refractivity contribution in [3.63, 3.8) is 0 Å². The van der Waals surface area contributed by atoms with Crippen LogP contribution in [0.4, 0.5) is 0 Å². The molecule has 0 spiro atoms. The summed E-state index contributed by atoms with van der Waals surface area (Å²) in [7, 11) is 0. The smallest absolute Gasteiger partial charge is 0.231 e. The van der Waals surface area contributed by atoms with E-state index < -0.39 is 0 Å². The Kier molecular flexibility index (Phi) is 6.21. The van der Waals surface area contributed by atoms with Crippen LogP contribution in [-0.2, 0) is 11.2 Å². The third-order valence-corrected chi connectivity index (χ3v) is 4.32. The molecule has 0 unspecified atom stereocenters. The van der Waals surface area contributed by atoms with Crippen molar-refractivity contribution in [3.8, 4) is 0 Å². The van der Waals surface area contributed by atoms with E-state index in [0.29, 0.717) is 5.92 Å². The summed E-state index contributed by atoms with van der Waals surface area (Å²) in [6.45, 7) is 6.93. The fourth-order valence-corrected chi connectivity index (χ4v) is 3.04.